The molecule has 2 aromatic rings. The van der Waals surface area contributed by atoms with Crippen molar-refractivity contribution in [2.45, 2.75) is 39.0 Å². The molecule has 1 aliphatic heterocycles. The van der Waals surface area contributed by atoms with Crippen molar-refractivity contribution in [1.82, 2.24) is 0 Å². The summed E-state index contributed by atoms with van der Waals surface area (Å²) in [4.78, 5) is 27.4. The van der Waals surface area contributed by atoms with Crippen molar-refractivity contribution in [2.75, 3.05) is 23.9 Å². The highest BCUT2D eigenvalue weighted by molar-refractivity contribution is 6.00. The summed E-state index contributed by atoms with van der Waals surface area (Å²) in [6.07, 6.45) is 2.87. The summed E-state index contributed by atoms with van der Waals surface area (Å²) in [6, 6.07) is 13.6. The largest absolute Gasteiger partial charge is 0.497 e. The number of methoxy groups -OCH3 is 1. The molecule has 1 heterocycles. The quantitative estimate of drug-likeness (QED) is 0.794. The van der Waals surface area contributed by atoms with Gasteiger partial charge in [0.15, 0.2) is 0 Å². The van der Waals surface area contributed by atoms with Gasteiger partial charge in [0, 0.05) is 23.8 Å². The zero-order valence-electron chi connectivity index (χ0n) is 17.3. The molecule has 5 nitrogen and oxygen atoms in total. The number of benzene rings is 2. The predicted molar refractivity (Wildman–Crippen MR) is 114 cm³/mol. The molecule has 152 valence electrons. The highest BCUT2D eigenvalue weighted by atomic mass is 16.5. The number of carbonyl (C=O) groups is 2. The highest BCUT2D eigenvalue weighted by Crippen LogP contribution is 2.37. The van der Waals surface area contributed by atoms with Crippen LogP contribution in [0.4, 0.5) is 11.4 Å². The van der Waals surface area contributed by atoms with E-state index in [0.717, 1.165) is 54.1 Å². The molecule has 4 rings (SSSR count). The fraction of sp³-hybridized carbons (Fsp3) is 0.417. The van der Waals surface area contributed by atoms with Crippen LogP contribution in [0.3, 0.4) is 0 Å². The van der Waals surface area contributed by atoms with Crippen LogP contribution in [-0.4, -0.2) is 25.5 Å². The minimum atomic E-state index is -0.248. The van der Waals surface area contributed by atoms with Gasteiger partial charge in [0.05, 0.1) is 13.0 Å². The van der Waals surface area contributed by atoms with Crippen molar-refractivity contribution in [3.05, 3.63) is 53.6 Å². The van der Waals surface area contributed by atoms with E-state index in [4.69, 9.17) is 4.74 Å². The molecular weight excluding hydrogens is 364 g/mol. The zero-order valence-corrected chi connectivity index (χ0v) is 17.3. The summed E-state index contributed by atoms with van der Waals surface area (Å²) in [6.45, 7) is 4.85. The molecule has 0 saturated heterocycles. The first-order valence-corrected chi connectivity index (χ1v) is 10.4. The van der Waals surface area contributed by atoms with Crippen LogP contribution in [0.1, 0.15) is 43.7 Å². The van der Waals surface area contributed by atoms with E-state index in [9.17, 15) is 9.59 Å². The summed E-state index contributed by atoms with van der Waals surface area (Å²) >= 11 is 0. The molecular formula is C24H28N2O3. The SMILES string of the molecule is COc1ccc(C(C(=O)Nc2ccc3c(c2)CCN3C(=O)C2CC2)C(C)C)cc1. The summed E-state index contributed by atoms with van der Waals surface area (Å²) in [5.41, 5.74) is 3.88. The minimum Gasteiger partial charge on any atom is -0.497 e. The average molecular weight is 392 g/mol. The maximum atomic E-state index is 13.1. The van der Waals surface area contributed by atoms with Crippen molar-refractivity contribution in [1.29, 1.82) is 0 Å². The van der Waals surface area contributed by atoms with Crippen LogP contribution in [0.15, 0.2) is 42.5 Å². The van der Waals surface area contributed by atoms with Crippen molar-refractivity contribution >= 4 is 23.2 Å². The maximum Gasteiger partial charge on any atom is 0.232 e. The van der Waals surface area contributed by atoms with Gasteiger partial charge in [0.2, 0.25) is 11.8 Å². The standard InChI is InChI=1S/C24H28N2O3/c1-15(2)22(16-6-9-20(29-3)10-7-16)23(27)25-19-8-11-21-18(14-19)12-13-26(21)24(28)17-4-5-17/h6-11,14-15,17,22H,4-5,12-13H2,1-3H3,(H,25,27). The minimum absolute atomic E-state index is 0.0194. The first-order valence-electron chi connectivity index (χ1n) is 10.4. The van der Waals surface area contributed by atoms with Gasteiger partial charge in [-0.3, -0.25) is 9.59 Å². The van der Waals surface area contributed by atoms with Gasteiger partial charge in [-0.1, -0.05) is 26.0 Å². The van der Waals surface area contributed by atoms with Crippen LogP contribution in [0.5, 0.6) is 5.75 Å². The molecule has 1 aliphatic carbocycles. The fourth-order valence-electron chi connectivity index (χ4n) is 4.13. The number of fused-ring (bicyclic) bond motifs is 1. The van der Waals surface area contributed by atoms with E-state index < -0.39 is 0 Å². The lowest BCUT2D eigenvalue weighted by Gasteiger charge is -2.21. The molecule has 2 amide bonds. The van der Waals surface area contributed by atoms with E-state index in [2.05, 4.69) is 19.2 Å². The van der Waals surface area contributed by atoms with Crippen LogP contribution in [0.25, 0.3) is 0 Å². The van der Waals surface area contributed by atoms with Gasteiger partial charge in [0.25, 0.3) is 0 Å². The van der Waals surface area contributed by atoms with Gasteiger partial charge < -0.3 is 15.0 Å². The first kappa shape index (κ1) is 19.5. The molecule has 0 spiro atoms. The Labute approximate surface area is 172 Å². The molecule has 1 fully saturated rings. The lowest BCUT2D eigenvalue weighted by atomic mass is 9.87. The number of nitrogens with one attached hydrogen (secondary N) is 1. The van der Waals surface area contributed by atoms with E-state index in [0.29, 0.717) is 0 Å². The Balaban J connectivity index is 1.50. The lowest BCUT2D eigenvalue weighted by Crippen LogP contribution is -2.30. The van der Waals surface area contributed by atoms with E-state index in [1.165, 1.54) is 0 Å². The van der Waals surface area contributed by atoms with Gasteiger partial charge in [-0.25, -0.2) is 0 Å². The molecule has 1 atom stereocenters. The molecule has 2 aliphatic rings. The molecule has 2 aromatic carbocycles. The molecule has 1 N–H and O–H groups in total. The first-order chi connectivity index (χ1) is 14.0. The Hall–Kier alpha value is -2.82. The van der Waals surface area contributed by atoms with E-state index in [1.807, 2.05) is 47.4 Å². The number of carbonyl (C=O) groups excluding carboxylic acids is 2. The number of ether oxygens (including phenoxy) is 1. The number of rotatable bonds is 6. The Bertz CT molecular complexity index is 916. The Morgan fingerprint density at radius 2 is 1.83 bits per heavy atom. The number of anilines is 2. The topological polar surface area (TPSA) is 58.6 Å². The highest BCUT2D eigenvalue weighted by Gasteiger charge is 2.36. The third kappa shape index (κ3) is 4.00. The van der Waals surface area contributed by atoms with Crippen LogP contribution in [0, 0.1) is 11.8 Å². The summed E-state index contributed by atoms with van der Waals surface area (Å²) in [5, 5.41) is 3.09. The zero-order chi connectivity index (χ0) is 20.5. The fourth-order valence-corrected chi connectivity index (χ4v) is 4.13. The molecule has 29 heavy (non-hydrogen) atoms. The molecule has 0 radical (unpaired) electrons. The Kier molecular flexibility index (Phi) is 5.31. The van der Waals surface area contributed by atoms with Crippen molar-refractivity contribution in [3.8, 4) is 5.75 Å². The second-order valence-corrected chi connectivity index (χ2v) is 8.34. The molecule has 0 bridgehead atoms. The summed E-state index contributed by atoms with van der Waals surface area (Å²) < 4.78 is 5.22. The second-order valence-electron chi connectivity index (χ2n) is 8.34. The van der Waals surface area contributed by atoms with E-state index in [1.54, 1.807) is 7.11 Å². The Morgan fingerprint density at radius 1 is 1.10 bits per heavy atom. The summed E-state index contributed by atoms with van der Waals surface area (Å²) in [5.74, 6) is 1.14. The van der Waals surface area contributed by atoms with Crippen molar-refractivity contribution < 1.29 is 14.3 Å². The smallest absolute Gasteiger partial charge is 0.232 e. The van der Waals surface area contributed by atoms with Crippen LogP contribution in [0.2, 0.25) is 0 Å². The molecule has 5 heteroatoms. The van der Waals surface area contributed by atoms with Crippen LogP contribution >= 0.6 is 0 Å². The van der Waals surface area contributed by atoms with Gasteiger partial charge in [-0.15, -0.1) is 0 Å². The van der Waals surface area contributed by atoms with Gasteiger partial charge in [0.1, 0.15) is 5.75 Å². The van der Waals surface area contributed by atoms with Crippen molar-refractivity contribution in [2.24, 2.45) is 11.8 Å². The molecule has 1 saturated carbocycles. The van der Waals surface area contributed by atoms with Gasteiger partial charge in [-0.2, -0.15) is 0 Å². The molecule has 0 aromatic heterocycles. The third-order valence-electron chi connectivity index (χ3n) is 5.86. The van der Waals surface area contributed by atoms with Gasteiger partial charge >= 0.3 is 0 Å². The van der Waals surface area contributed by atoms with E-state index in [-0.39, 0.29) is 29.6 Å². The summed E-state index contributed by atoms with van der Waals surface area (Å²) in [7, 11) is 1.63. The monoisotopic (exact) mass is 392 g/mol. The lowest BCUT2D eigenvalue weighted by molar-refractivity contribution is -0.120. The number of hydrogen-bond acceptors (Lipinski definition) is 3. The predicted octanol–water partition coefficient (Wildman–Crippen LogP) is 4.37. The van der Waals surface area contributed by atoms with Crippen LogP contribution < -0.4 is 15.0 Å². The Morgan fingerprint density at radius 3 is 2.45 bits per heavy atom. The number of nitrogens with zero attached hydrogens (tertiary/aromatic N) is 1. The number of amides is 2. The third-order valence-corrected chi connectivity index (χ3v) is 5.86. The van der Waals surface area contributed by atoms with E-state index >= 15 is 0 Å². The number of hydrogen-bond donors (Lipinski definition) is 1. The van der Waals surface area contributed by atoms with Crippen LogP contribution in [-0.2, 0) is 16.0 Å². The normalized spacial score (nSPS) is 16.5. The second kappa shape index (κ2) is 7.90. The average Bonchev–Trinajstić information content (AvgIpc) is 3.47. The van der Waals surface area contributed by atoms with Gasteiger partial charge in [-0.05, 0) is 66.6 Å². The molecule has 1 unspecified atom stereocenters. The maximum absolute atomic E-state index is 13.1. The van der Waals surface area contributed by atoms with Crippen molar-refractivity contribution in [3.63, 3.8) is 0 Å².